The Morgan fingerprint density at radius 3 is 2.65 bits per heavy atom. The highest BCUT2D eigenvalue weighted by molar-refractivity contribution is 9.10. The molecule has 2 rings (SSSR count). The molecule has 0 saturated carbocycles. The van der Waals surface area contributed by atoms with Gasteiger partial charge in [0, 0.05) is 36.7 Å². The molecular weight excluding hydrogens is 319 g/mol. The van der Waals surface area contributed by atoms with Gasteiger partial charge in [0.1, 0.15) is 5.82 Å². The smallest absolute Gasteiger partial charge is 0.124 e. The molecule has 4 heteroatoms. The van der Waals surface area contributed by atoms with Crippen LogP contribution in [0.4, 0.5) is 4.39 Å². The Morgan fingerprint density at radius 1 is 1.35 bits per heavy atom. The lowest BCUT2D eigenvalue weighted by Crippen LogP contribution is -2.46. The van der Waals surface area contributed by atoms with Gasteiger partial charge in [0.2, 0.25) is 0 Å². The van der Waals surface area contributed by atoms with Gasteiger partial charge in [-0.3, -0.25) is 4.90 Å². The van der Waals surface area contributed by atoms with E-state index in [9.17, 15) is 4.39 Å². The predicted octanol–water partition coefficient (Wildman–Crippen LogP) is 3.97. The summed E-state index contributed by atoms with van der Waals surface area (Å²) < 4.78 is 14.2. The van der Waals surface area contributed by atoms with E-state index in [2.05, 4.69) is 40.0 Å². The summed E-state index contributed by atoms with van der Waals surface area (Å²) in [5.41, 5.74) is 1.22. The number of nitrogens with zero attached hydrogens (tertiary/aromatic N) is 1. The van der Waals surface area contributed by atoms with E-state index in [1.165, 1.54) is 18.4 Å². The second-order valence-electron chi connectivity index (χ2n) is 5.66. The molecule has 1 heterocycles. The lowest BCUT2D eigenvalue weighted by molar-refractivity contribution is 0.125. The molecule has 1 unspecified atom stereocenters. The van der Waals surface area contributed by atoms with Crippen molar-refractivity contribution in [3.8, 4) is 0 Å². The van der Waals surface area contributed by atoms with Crippen LogP contribution in [0.15, 0.2) is 22.7 Å². The summed E-state index contributed by atoms with van der Waals surface area (Å²) in [4.78, 5) is 2.54. The van der Waals surface area contributed by atoms with Crippen LogP contribution in [0.25, 0.3) is 0 Å². The third kappa shape index (κ3) is 3.80. The fourth-order valence-corrected chi connectivity index (χ4v) is 3.76. The molecule has 0 amide bonds. The number of benzene rings is 1. The molecule has 1 N–H and O–H groups in total. The average molecular weight is 343 g/mol. The highest BCUT2D eigenvalue weighted by Gasteiger charge is 2.28. The molecule has 1 aliphatic heterocycles. The van der Waals surface area contributed by atoms with E-state index in [1.54, 1.807) is 12.1 Å². The number of rotatable bonds is 5. The average Bonchev–Trinajstić information content (AvgIpc) is 2.43. The molecule has 0 aliphatic carbocycles. The van der Waals surface area contributed by atoms with Crippen molar-refractivity contribution >= 4 is 15.9 Å². The third-order valence-electron chi connectivity index (χ3n) is 4.11. The van der Waals surface area contributed by atoms with Crippen LogP contribution in [0.3, 0.4) is 0 Å². The molecule has 0 spiro atoms. The molecular formula is C16H24BrFN2. The summed E-state index contributed by atoms with van der Waals surface area (Å²) in [6.45, 7) is 8.73. The standard InChI is InChI=1S/C16H24BrFN2/c1-3-4-12(2)16(20-9-7-19-8-10-20)14-6-5-13(18)11-15(14)17/h5-6,11-12,16,19H,3-4,7-10H2,1-2H3/t12?,16-/m0/s1. The van der Waals surface area contributed by atoms with E-state index in [0.29, 0.717) is 12.0 Å². The fourth-order valence-electron chi connectivity index (χ4n) is 3.18. The zero-order chi connectivity index (χ0) is 14.5. The summed E-state index contributed by atoms with van der Waals surface area (Å²) in [6.07, 6.45) is 2.38. The Hall–Kier alpha value is -0.450. The quantitative estimate of drug-likeness (QED) is 0.870. The molecule has 0 aromatic heterocycles. The maximum atomic E-state index is 13.3. The SMILES string of the molecule is CCCC(C)[C@@H](c1ccc(F)cc1Br)N1CCNCC1. The molecule has 2 nitrogen and oxygen atoms in total. The molecule has 2 atom stereocenters. The van der Waals surface area contributed by atoms with E-state index < -0.39 is 0 Å². The van der Waals surface area contributed by atoms with Crippen LogP contribution in [0, 0.1) is 11.7 Å². The van der Waals surface area contributed by atoms with Crippen molar-refractivity contribution in [1.29, 1.82) is 0 Å². The zero-order valence-corrected chi connectivity index (χ0v) is 13.9. The van der Waals surface area contributed by atoms with Crippen LogP contribution >= 0.6 is 15.9 Å². The lowest BCUT2D eigenvalue weighted by Gasteiger charge is -2.39. The second kappa shape index (κ2) is 7.53. The Balaban J connectivity index is 2.28. The van der Waals surface area contributed by atoms with Crippen molar-refractivity contribution in [2.24, 2.45) is 5.92 Å². The van der Waals surface area contributed by atoms with E-state index in [4.69, 9.17) is 0 Å². The molecule has 1 saturated heterocycles. The predicted molar refractivity (Wildman–Crippen MR) is 85.4 cm³/mol. The van der Waals surface area contributed by atoms with E-state index in [0.717, 1.165) is 30.7 Å². The Kier molecular flexibility index (Phi) is 6.00. The first kappa shape index (κ1) is 15.9. The van der Waals surface area contributed by atoms with Gasteiger partial charge in [0.15, 0.2) is 0 Å². The van der Waals surface area contributed by atoms with Gasteiger partial charge in [-0.1, -0.05) is 42.3 Å². The zero-order valence-electron chi connectivity index (χ0n) is 12.3. The van der Waals surface area contributed by atoms with Gasteiger partial charge in [0.05, 0.1) is 0 Å². The lowest BCUT2D eigenvalue weighted by atomic mass is 9.89. The Bertz CT molecular complexity index is 432. The van der Waals surface area contributed by atoms with Crippen molar-refractivity contribution in [1.82, 2.24) is 10.2 Å². The van der Waals surface area contributed by atoms with Gasteiger partial charge in [-0.05, 0) is 30.0 Å². The van der Waals surface area contributed by atoms with Gasteiger partial charge >= 0.3 is 0 Å². The monoisotopic (exact) mass is 342 g/mol. The van der Waals surface area contributed by atoms with Gasteiger partial charge < -0.3 is 5.32 Å². The number of hydrogen-bond donors (Lipinski definition) is 1. The molecule has 1 aromatic rings. The van der Waals surface area contributed by atoms with E-state index in [1.807, 2.05) is 6.07 Å². The van der Waals surface area contributed by atoms with Crippen LogP contribution in [-0.4, -0.2) is 31.1 Å². The maximum absolute atomic E-state index is 13.3. The topological polar surface area (TPSA) is 15.3 Å². The minimum absolute atomic E-state index is 0.178. The van der Waals surface area contributed by atoms with Crippen LogP contribution < -0.4 is 5.32 Å². The van der Waals surface area contributed by atoms with Crippen LogP contribution in [0.1, 0.15) is 38.3 Å². The summed E-state index contributed by atoms with van der Waals surface area (Å²) in [5.74, 6) is 0.391. The molecule has 1 aliphatic rings. The van der Waals surface area contributed by atoms with Gasteiger partial charge in [0.25, 0.3) is 0 Å². The largest absolute Gasteiger partial charge is 0.314 e. The third-order valence-corrected chi connectivity index (χ3v) is 4.80. The maximum Gasteiger partial charge on any atom is 0.124 e. The van der Waals surface area contributed by atoms with Crippen molar-refractivity contribution < 1.29 is 4.39 Å². The second-order valence-corrected chi connectivity index (χ2v) is 6.52. The van der Waals surface area contributed by atoms with Crippen molar-refractivity contribution in [3.05, 3.63) is 34.1 Å². The first-order chi connectivity index (χ1) is 9.63. The van der Waals surface area contributed by atoms with Gasteiger partial charge in [-0.15, -0.1) is 0 Å². The van der Waals surface area contributed by atoms with Crippen LogP contribution in [-0.2, 0) is 0 Å². The highest BCUT2D eigenvalue weighted by Crippen LogP contribution is 2.36. The molecule has 1 aromatic carbocycles. The molecule has 20 heavy (non-hydrogen) atoms. The summed E-state index contributed by atoms with van der Waals surface area (Å²) in [7, 11) is 0. The minimum atomic E-state index is -0.178. The van der Waals surface area contributed by atoms with Crippen molar-refractivity contribution in [3.63, 3.8) is 0 Å². The fraction of sp³-hybridized carbons (Fsp3) is 0.625. The summed E-state index contributed by atoms with van der Waals surface area (Å²) in [5, 5.41) is 3.40. The number of nitrogens with one attached hydrogen (secondary N) is 1. The van der Waals surface area contributed by atoms with Gasteiger partial charge in [-0.25, -0.2) is 4.39 Å². The molecule has 112 valence electrons. The van der Waals surface area contributed by atoms with Crippen molar-refractivity contribution in [2.75, 3.05) is 26.2 Å². The number of hydrogen-bond acceptors (Lipinski definition) is 2. The number of piperazine rings is 1. The van der Waals surface area contributed by atoms with Crippen LogP contribution in [0.5, 0.6) is 0 Å². The summed E-state index contributed by atoms with van der Waals surface area (Å²) >= 11 is 3.55. The van der Waals surface area contributed by atoms with E-state index in [-0.39, 0.29) is 5.82 Å². The molecule has 0 bridgehead atoms. The first-order valence-electron chi connectivity index (χ1n) is 7.53. The van der Waals surface area contributed by atoms with E-state index >= 15 is 0 Å². The number of halogens is 2. The Morgan fingerprint density at radius 2 is 2.05 bits per heavy atom. The molecule has 0 radical (unpaired) electrons. The highest BCUT2D eigenvalue weighted by atomic mass is 79.9. The van der Waals surface area contributed by atoms with Crippen molar-refractivity contribution in [2.45, 2.75) is 32.7 Å². The first-order valence-corrected chi connectivity index (χ1v) is 8.32. The normalized spacial score (nSPS) is 19.8. The minimum Gasteiger partial charge on any atom is -0.314 e. The summed E-state index contributed by atoms with van der Waals surface area (Å²) in [6, 6.07) is 5.47. The molecule has 1 fully saturated rings. The Labute approximate surface area is 129 Å². The van der Waals surface area contributed by atoms with Crippen LogP contribution in [0.2, 0.25) is 0 Å². The van der Waals surface area contributed by atoms with Gasteiger partial charge in [-0.2, -0.15) is 0 Å².